The van der Waals surface area contributed by atoms with Gasteiger partial charge in [-0.3, -0.25) is 4.79 Å². The largest absolute Gasteiger partial charge is 0.355 e. The van der Waals surface area contributed by atoms with Crippen LogP contribution in [-0.2, 0) is 14.8 Å². The van der Waals surface area contributed by atoms with Crippen LogP contribution in [-0.4, -0.2) is 38.3 Å². The summed E-state index contributed by atoms with van der Waals surface area (Å²) in [5, 5.41) is 3.36. The first-order valence-electron chi connectivity index (χ1n) is 10.4. The molecule has 1 saturated heterocycles. The molecule has 0 unspecified atom stereocenters. The Bertz CT molecular complexity index is 753. The molecular weight excluding hydrogens is 420 g/mol. The van der Waals surface area contributed by atoms with Gasteiger partial charge in [0.25, 0.3) is 0 Å². The fourth-order valence-electron chi connectivity index (χ4n) is 4.07. The lowest BCUT2D eigenvalue weighted by Crippen LogP contribution is -2.42. The Labute approximate surface area is 188 Å². The molecule has 1 saturated carbocycles. The van der Waals surface area contributed by atoms with Crippen LogP contribution in [0.4, 0.5) is 0 Å². The molecule has 0 atom stereocenters. The minimum atomic E-state index is -3.56. The smallest absolute Gasteiger partial charge is 0.244 e. The van der Waals surface area contributed by atoms with Crippen molar-refractivity contribution < 1.29 is 13.2 Å². The Hall–Kier alpha value is -1.11. The number of benzene rings is 1. The molecule has 167 valence electrons. The third-order valence-electron chi connectivity index (χ3n) is 5.86. The zero-order chi connectivity index (χ0) is 20.0. The number of hydrogen-bond donors (Lipinski definition) is 1. The van der Waals surface area contributed by atoms with Gasteiger partial charge in [0.15, 0.2) is 0 Å². The third-order valence-corrected chi connectivity index (χ3v) is 8.26. The molecule has 7 heteroatoms. The van der Waals surface area contributed by atoms with Gasteiger partial charge in [-0.1, -0.05) is 70.7 Å². The van der Waals surface area contributed by atoms with Crippen LogP contribution in [0.5, 0.6) is 0 Å². The number of halogens is 1. The number of sulfonamides is 1. The van der Waals surface area contributed by atoms with Gasteiger partial charge >= 0.3 is 0 Å². The summed E-state index contributed by atoms with van der Waals surface area (Å²) in [6.45, 7) is 1.55. The van der Waals surface area contributed by atoms with Crippen molar-refractivity contribution in [3.8, 4) is 0 Å². The van der Waals surface area contributed by atoms with Crippen molar-refractivity contribution in [1.29, 1.82) is 0 Å². The SMILES string of the molecule is O=C(NCC1CCN(S(=O)(=O)c2ccccc2Cl)CC1)[C]1CCCCCCC1.[CH2].[CH2]. The minimum Gasteiger partial charge on any atom is -0.355 e. The second-order valence-electron chi connectivity index (χ2n) is 7.86. The maximum absolute atomic E-state index is 12.8. The van der Waals surface area contributed by atoms with Crippen LogP contribution >= 0.6 is 11.6 Å². The summed E-state index contributed by atoms with van der Waals surface area (Å²) in [7, 11) is -3.56. The first kappa shape index (κ1) is 26.9. The Morgan fingerprint density at radius 3 is 2.17 bits per heavy atom. The standard InChI is InChI=1S/C21H30ClN2O3S.2CH2/c22-19-10-6-7-11-20(19)28(26,27)24-14-12-17(13-15-24)16-23-21(25)18-8-4-2-1-3-5-9-18;;/h6-7,10-11,17H,1-5,8-9,12-16H2,(H,23,25);2*1H2. The number of carbonyl (C=O) groups is 1. The van der Waals surface area contributed by atoms with E-state index in [9.17, 15) is 13.2 Å². The lowest BCUT2D eigenvalue weighted by Gasteiger charge is -2.31. The Morgan fingerprint density at radius 1 is 1.00 bits per heavy atom. The van der Waals surface area contributed by atoms with Crippen LogP contribution in [0.2, 0.25) is 5.02 Å². The molecule has 1 aromatic carbocycles. The molecule has 0 bridgehead atoms. The van der Waals surface area contributed by atoms with Crippen molar-refractivity contribution in [3.05, 3.63) is 50.1 Å². The fourth-order valence-corrected chi connectivity index (χ4v) is 6.03. The maximum Gasteiger partial charge on any atom is 0.244 e. The second-order valence-corrected chi connectivity index (χ2v) is 10.2. The van der Waals surface area contributed by atoms with Crippen LogP contribution in [0.25, 0.3) is 0 Å². The van der Waals surface area contributed by atoms with Gasteiger partial charge in [-0.2, -0.15) is 4.31 Å². The van der Waals surface area contributed by atoms with Crippen LogP contribution in [0.3, 0.4) is 0 Å². The van der Waals surface area contributed by atoms with Crippen molar-refractivity contribution in [2.75, 3.05) is 19.6 Å². The lowest BCUT2D eigenvalue weighted by molar-refractivity contribution is -0.120. The average molecular weight is 454 g/mol. The monoisotopic (exact) mass is 453 g/mol. The van der Waals surface area contributed by atoms with Gasteiger partial charge in [0.05, 0.1) is 10.9 Å². The van der Waals surface area contributed by atoms with Crippen LogP contribution in [0.15, 0.2) is 29.2 Å². The summed E-state index contributed by atoms with van der Waals surface area (Å²) in [6.07, 6.45) is 9.27. The van der Waals surface area contributed by atoms with Crippen LogP contribution < -0.4 is 5.32 Å². The van der Waals surface area contributed by atoms with E-state index in [0.29, 0.717) is 25.6 Å². The van der Waals surface area contributed by atoms with E-state index in [1.807, 2.05) is 0 Å². The molecule has 0 aromatic heterocycles. The van der Waals surface area contributed by atoms with Crippen LogP contribution in [0.1, 0.15) is 57.8 Å². The topological polar surface area (TPSA) is 66.5 Å². The predicted molar refractivity (Wildman–Crippen MR) is 122 cm³/mol. The summed E-state index contributed by atoms with van der Waals surface area (Å²) < 4.78 is 27.1. The highest BCUT2D eigenvalue weighted by atomic mass is 35.5. The number of rotatable bonds is 5. The molecule has 0 spiro atoms. The summed E-state index contributed by atoms with van der Waals surface area (Å²) in [5.74, 6) is 1.46. The van der Waals surface area contributed by atoms with E-state index in [4.69, 9.17) is 11.6 Å². The highest BCUT2D eigenvalue weighted by molar-refractivity contribution is 7.89. The highest BCUT2D eigenvalue weighted by Gasteiger charge is 2.31. The molecule has 1 heterocycles. The van der Waals surface area contributed by atoms with E-state index in [0.717, 1.165) is 44.4 Å². The summed E-state index contributed by atoms with van der Waals surface area (Å²) >= 11 is 6.08. The number of hydrogen-bond acceptors (Lipinski definition) is 3. The van der Waals surface area contributed by atoms with Crippen molar-refractivity contribution in [3.63, 3.8) is 0 Å². The van der Waals surface area contributed by atoms with Gasteiger partial charge < -0.3 is 5.32 Å². The van der Waals surface area contributed by atoms with Gasteiger partial charge in [0, 0.05) is 19.6 Å². The Kier molecular flexibility index (Phi) is 11.4. The molecule has 5 nitrogen and oxygen atoms in total. The van der Waals surface area contributed by atoms with Gasteiger partial charge in [0.2, 0.25) is 15.9 Å². The van der Waals surface area contributed by atoms with Crippen molar-refractivity contribution >= 4 is 27.5 Å². The van der Waals surface area contributed by atoms with Gasteiger partial charge in [-0.05, 0) is 43.7 Å². The molecule has 3 rings (SSSR count). The zero-order valence-electron chi connectivity index (χ0n) is 17.7. The molecule has 1 aromatic rings. The van der Waals surface area contributed by atoms with Gasteiger partial charge in [0.1, 0.15) is 4.90 Å². The maximum atomic E-state index is 12.8. The molecule has 1 amide bonds. The predicted octanol–water partition coefficient (Wildman–Crippen LogP) is 4.83. The Balaban J connectivity index is 0.00000225. The number of piperidine rings is 1. The first-order chi connectivity index (χ1) is 13.5. The van der Waals surface area contributed by atoms with E-state index in [1.165, 1.54) is 23.6 Å². The van der Waals surface area contributed by atoms with E-state index >= 15 is 0 Å². The van der Waals surface area contributed by atoms with Crippen molar-refractivity contribution in [1.82, 2.24) is 9.62 Å². The highest BCUT2D eigenvalue weighted by Crippen LogP contribution is 2.28. The van der Waals surface area contributed by atoms with E-state index in [1.54, 1.807) is 24.3 Å². The average Bonchev–Trinajstić information content (AvgIpc) is 2.66. The quantitative estimate of drug-likeness (QED) is 0.694. The summed E-state index contributed by atoms with van der Waals surface area (Å²) in [4.78, 5) is 12.7. The first-order valence-corrected chi connectivity index (χ1v) is 12.2. The van der Waals surface area contributed by atoms with Crippen molar-refractivity contribution in [2.24, 2.45) is 5.92 Å². The van der Waals surface area contributed by atoms with Gasteiger partial charge in [-0.15, -0.1) is 0 Å². The molecule has 1 N–H and O–H groups in total. The summed E-state index contributed by atoms with van der Waals surface area (Å²) in [5.41, 5.74) is 0. The Morgan fingerprint density at radius 2 is 1.57 bits per heavy atom. The molecule has 2 aliphatic rings. The molecular formula is C23H34ClN2O3S. The van der Waals surface area contributed by atoms with E-state index in [2.05, 4.69) is 5.32 Å². The third kappa shape index (κ3) is 6.96. The molecule has 30 heavy (non-hydrogen) atoms. The second kappa shape index (κ2) is 12.7. The fraction of sp³-hybridized carbons (Fsp3) is 0.565. The number of amides is 1. The van der Waals surface area contributed by atoms with Crippen molar-refractivity contribution in [2.45, 2.75) is 62.7 Å². The number of carbonyl (C=O) groups excluding carboxylic acids is 1. The van der Waals surface area contributed by atoms with Crippen LogP contribution in [0, 0.1) is 26.7 Å². The lowest BCUT2D eigenvalue weighted by atomic mass is 9.90. The molecule has 2 fully saturated rings. The molecule has 1 aliphatic heterocycles. The summed E-state index contributed by atoms with van der Waals surface area (Å²) in [6, 6.07) is 6.57. The van der Waals surface area contributed by atoms with Gasteiger partial charge in [-0.25, -0.2) is 8.42 Å². The van der Waals surface area contributed by atoms with E-state index in [-0.39, 0.29) is 30.7 Å². The van der Waals surface area contributed by atoms with E-state index < -0.39 is 10.0 Å². The number of nitrogens with zero attached hydrogens (tertiary/aromatic N) is 1. The zero-order valence-corrected chi connectivity index (χ0v) is 19.3. The number of nitrogens with one attached hydrogen (secondary N) is 1. The minimum absolute atomic E-state index is 0. The molecule has 5 radical (unpaired) electrons. The molecule has 1 aliphatic carbocycles. The normalized spacial score (nSPS) is 19.6.